The Bertz CT molecular complexity index is 360. The summed E-state index contributed by atoms with van der Waals surface area (Å²) in [6.07, 6.45) is 2.15. The Kier molecular flexibility index (Phi) is 2.98. The number of hydrogen-bond acceptors (Lipinski definition) is 4. The van der Waals surface area contributed by atoms with Crippen LogP contribution < -0.4 is 5.32 Å². The molecule has 0 spiro atoms. The molecule has 0 bridgehead atoms. The van der Waals surface area contributed by atoms with E-state index < -0.39 is 0 Å². The predicted molar refractivity (Wildman–Crippen MR) is 65.3 cm³/mol. The SMILES string of the molecule is OC1c2sccc2CN1CC1CCNCC1. The molecule has 4 heteroatoms. The lowest BCUT2D eigenvalue weighted by Crippen LogP contribution is -2.35. The van der Waals surface area contributed by atoms with E-state index in [1.807, 2.05) is 0 Å². The van der Waals surface area contributed by atoms with Crippen molar-refractivity contribution < 1.29 is 5.11 Å². The van der Waals surface area contributed by atoms with Gasteiger partial charge in [0.05, 0.1) is 4.88 Å². The summed E-state index contributed by atoms with van der Waals surface area (Å²) >= 11 is 1.68. The first kappa shape index (κ1) is 10.7. The van der Waals surface area contributed by atoms with Crippen molar-refractivity contribution in [2.45, 2.75) is 25.6 Å². The topological polar surface area (TPSA) is 35.5 Å². The maximum absolute atomic E-state index is 10.2. The van der Waals surface area contributed by atoms with Gasteiger partial charge in [-0.3, -0.25) is 4.90 Å². The number of piperidine rings is 1. The van der Waals surface area contributed by atoms with Crippen LogP contribution in [0.2, 0.25) is 0 Å². The summed E-state index contributed by atoms with van der Waals surface area (Å²) in [6, 6.07) is 2.14. The van der Waals surface area contributed by atoms with E-state index >= 15 is 0 Å². The molecule has 1 fully saturated rings. The smallest absolute Gasteiger partial charge is 0.143 e. The Morgan fingerprint density at radius 1 is 1.44 bits per heavy atom. The zero-order valence-corrected chi connectivity index (χ0v) is 10.2. The normalized spacial score (nSPS) is 27.2. The van der Waals surface area contributed by atoms with Gasteiger partial charge in [0.1, 0.15) is 6.23 Å². The highest BCUT2D eigenvalue weighted by Crippen LogP contribution is 2.36. The van der Waals surface area contributed by atoms with E-state index in [-0.39, 0.29) is 6.23 Å². The van der Waals surface area contributed by atoms with Gasteiger partial charge in [-0.15, -0.1) is 11.3 Å². The minimum absolute atomic E-state index is 0.343. The summed E-state index contributed by atoms with van der Waals surface area (Å²) in [7, 11) is 0. The Morgan fingerprint density at radius 3 is 3.00 bits per heavy atom. The van der Waals surface area contributed by atoms with Crippen LogP contribution in [0, 0.1) is 5.92 Å². The number of nitrogens with zero attached hydrogens (tertiary/aromatic N) is 1. The molecule has 3 rings (SSSR count). The van der Waals surface area contributed by atoms with Crippen molar-refractivity contribution in [2.75, 3.05) is 19.6 Å². The summed E-state index contributed by atoms with van der Waals surface area (Å²) in [5, 5.41) is 15.6. The number of thiophene rings is 1. The predicted octanol–water partition coefficient (Wildman–Crippen LogP) is 1.55. The van der Waals surface area contributed by atoms with Gasteiger partial charge in [0.2, 0.25) is 0 Å². The fraction of sp³-hybridized carbons (Fsp3) is 0.667. The average Bonchev–Trinajstić information content (AvgIpc) is 2.86. The number of fused-ring (bicyclic) bond motifs is 1. The van der Waals surface area contributed by atoms with Crippen molar-refractivity contribution in [3.8, 4) is 0 Å². The van der Waals surface area contributed by atoms with E-state index in [0.717, 1.165) is 37.0 Å². The number of nitrogens with one attached hydrogen (secondary N) is 1. The Labute approximate surface area is 100 Å². The fourth-order valence-electron chi connectivity index (χ4n) is 2.74. The van der Waals surface area contributed by atoms with Crippen LogP contribution in [0.25, 0.3) is 0 Å². The van der Waals surface area contributed by atoms with Crippen LogP contribution in [0.4, 0.5) is 0 Å². The van der Waals surface area contributed by atoms with Crippen molar-refractivity contribution in [3.63, 3.8) is 0 Å². The highest BCUT2D eigenvalue weighted by molar-refractivity contribution is 7.10. The number of hydrogen-bond donors (Lipinski definition) is 2. The van der Waals surface area contributed by atoms with Gasteiger partial charge in [-0.1, -0.05) is 0 Å². The zero-order chi connectivity index (χ0) is 11.0. The second-order valence-electron chi connectivity index (χ2n) is 4.81. The number of rotatable bonds is 2. The van der Waals surface area contributed by atoms with Crippen molar-refractivity contribution >= 4 is 11.3 Å². The lowest BCUT2D eigenvalue weighted by molar-refractivity contribution is 0.00225. The lowest BCUT2D eigenvalue weighted by atomic mass is 9.97. The van der Waals surface area contributed by atoms with Crippen LogP contribution in [0.1, 0.15) is 29.5 Å². The molecule has 3 heterocycles. The molecule has 3 nitrogen and oxygen atoms in total. The summed E-state index contributed by atoms with van der Waals surface area (Å²) in [5.41, 5.74) is 1.33. The Morgan fingerprint density at radius 2 is 2.25 bits per heavy atom. The van der Waals surface area contributed by atoms with Gasteiger partial charge in [-0.05, 0) is 48.9 Å². The first-order valence-corrected chi connectivity index (χ1v) is 6.91. The second-order valence-corrected chi connectivity index (χ2v) is 5.75. The Balaban J connectivity index is 1.63. The molecule has 0 aliphatic carbocycles. The standard InChI is InChI=1S/C12H18N2OS/c15-12-11-10(3-6-16-11)8-14(12)7-9-1-4-13-5-2-9/h3,6,9,12-13,15H,1-2,4-5,7-8H2. The maximum Gasteiger partial charge on any atom is 0.143 e. The highest BCUT2D eigenvalue weighted by Gasteiger charge is 2.31. The van der Waals surface area contributed by atoms with E-state index in [1.165, 1.54) is 18.4 Å². The van der Waals surface area contributed by atoms with E-state index in [0.29, 0.717) is 0 Å². The zero-order valence-electron chi connectivity index (χ0n) is 9.35. The third-order valence-corrected chi connectivity index (χ3v) is 4.69. The molecule has 1 unspecified atom stereocenters. The molecule has 2 N–H and O–H groups in total. The van der Waals surface area contributed by atoms with Crippen molar-refractivity contribution in [1.29, 1.82) is 0 Å². The largest absolute Gasteiger partial charge is 0.373 e. The van der Waals surface area contributed by atoms with Crippen molar-refractivity contribution in [1.82, 2.24) is 10.2 Å². The lowest BCUT2D eigenvalue weighted by Gasteiger charge is -2.29. The molecule has 0 amide bonds. The molecule has 0 saturated carbocycles. The van der Waals surface area contributed by atoms with Crippen LogP contribution in [0.5, 0.6) is 0 Å². The van der Waals surface area contributed by atoms with Gasteiger partial charge < -0.3 is 10.4 Å². The summed E-state index contributed by atoms with van der Waals surface area (Å²) in [5.74, 6) is 0.755. The minimum atomic E-state index is -0.343. The van der Waals surface area contributed by atoms with E-state index in [9.17, 15) is 5.11 Å². The average molecular weight is 238 g/mol. The molecule has 88 valence electrons. The summed E-state index contributed by atoms with van der Waals surface area (Å²) in [6.45, 7) is 4.25. The highest BCUT2D eigenvalue weighted by atomic mass is 32.1. The second kappa shape index (κ2) is 4.45. The molecule has 1 aromatic heterocycles. The third-order valence-electron chi connectivity index (χ3n) is 3.69. The van der Waals surface area contributed by atoms with Crippen LogP contribution in [-0.4, -0.2) is 29.6 Å². The van der Waals surface area contributed by atoms with Gasteiger partial charge in [0.25, 0.3) is 0 Å². The molecule has 0 aromatic carbocycles. The molecule has 1 atom stereocenters. The van der Waals surface area contributed by atoms with Gasteiger partial charge >= 0.3 is 0 Å². The first-order valence-electron chi connectivity index (χ1n) is 6.03. The van der Waals surface area contributed by atoms with E-state index in [2.05, 4.69) is 21.7 Å². The summed E-state index contributed by atoms with van der Waals surface area (Å²) < 4.78 is 0. The molecule has 1 saturated heterocycles. The van der Waals surface area contributed by atoms with Crippen LogP contribution >= 0.6 is 11.3 Å². The molecule has 1 aromatic rings. The third kappa shape index (κ3) is 1.91. The van der Waals surface area contributed by atoms with Crippen molar-refractivity contribution in [3.05, 3.63) is 21.9 Å². The molecule has 16 heavy (non-hydrogen) atoms. The van der Waals surface area contributed by atoms with Crippen LogP contribution in [0.15, 0.2) is 11.4 Å². The molecule has 2 aliphatic rings. The van der Waals surface area contributed by atoms with E-state index in [1.54, 1.807) is 11.3 Å². The number of aliphatic hydroxyl groups excluding tert-OH is 1. The fourth-order valence-corrected chi connectivity index (χ4v) is 3.67. The maximum atomic E-state index is 10.2. The van der Waals surface area contributed by atoms with Gasteiger partial charge in [0.15, 0.2) is 0 Å². The first-order chi connectivity index (χ1) is 7.84. The quantitative estimate of drug-likeness (QED) is 0.820. The Hall–Kier alpha value is -0.420. The molecule has 2 aliphatic heterocycles. The van der Waals surface area contributed by atoms with E-state index in [4.69, 9.17) is 0 Å². The van der Waals surface area contributed by atoms with Gasteiger partial charge in [-0.2, -0.15) is 0 Å². The van der Waals surface area contributed by atoms with Crippen LogP contribution in [0.3, 0.4) is 0 Å². The monoisotopic (exact) mass is 238 g/mol. The van der Waals surface area contributed by atoms with Gasteiger partial charge in [-0.25, -0.2) is 0 Å². The summed E-state index contributed by atoms with van der Waals surface area (Å²) in [4.78, 5) is 3.38. The molecular formula is C12H18N2OS. The molecular weight excluding hydrogens is 220 g/mol. The van der Waals surface area contributed by atoms with Gasteiger partial charge in [0, 0.05) is 13.1 Å². The minimum Gasteiger partial charge on any atom is -0.373 e. The molecule has 0 radical (unpaired) electrons. The number of aliphatic hydroxyl groups is 1. The van der Waals surface area contributed by atoms with Crippen LogP contribution in [-0.2, 0) is 6.54 Å². The van der Waals surface area contributed by atoms with Crippen molar-refractivity contribution in [2.24, 2.45) is 5.92 Å².